The fraction of sp³-hybridized carbons (Fsp3) is 0.458. The number of benzene rings is 1. The van der Waals surface area contributed by atoms with Crippen molar-refractivity contribution in [2.45, 2.75) is 57.6 Å². The van der Waals surface area contributed by atoms with Crippen LogP contribution in [0.3, 0.4) is 0 Å². The Kier molecular flexibility index (Phi) is 5.58. The van der Waals surface area contributed by atoms with E-state index in [0.717, 1.165) is 18.4 Å². The number of amides is 1. The van der Waals surface area contributed by atoms with Crippen LogP contribution >= 0.6 is 0 Å². The Balaban J connectivity index is 1.93. The van der Waals surface area contributed by atoms with Gasteiger partial charge in [0, 0.05) is 30.0 Å². The van der Waals surface area contributed by atoms with E-state index in [1.165, 1.54) is 0 Å². The van der Waals surface area contributed by atoms with Gasteiger partial charge in [-0.1, -0.05) is 19.4 Å². The van der Waals surface area contributed by atoms with Gasteiger partial charge >= 0.3 is 0 Å². The maximum Gasteiger partial charge on any atom is 0.255 e. The molecule has 3 atom stereocenters. The zero-order valence-electron chi connectivity index (χ0n) is 18.4. The first-order chi connectivity index (χ1) is 15.6. The smallest absolute Gasteiger partial charge is 0.255 e. The van der Waals surface area contributed by atoms with Crippen LogP contribution in [0.1, 0.15) is 54.9 Å². The molecule has 0 radical (unpaired) electrons. The van der Waals surface area contributed by atoms with Gasteiger partial charge in [0.1, 0.15) is 22.8 Å². The van der Waals surface area contributed by atoms with E-state index in [4.69, 9.17) is 11.5 Å². The molecule has 3 aliphatic rings. The summed E-state index contributed by atoms with van der Waals surface area (Å²) in [6.45, 7) is 2.07. The van der Waals surface area contributed by atoms with Crippen LogP contribution in [0.5, 0.6) is 5.75 Å². The highest BCUT2D eigenvalue weighted by Gasteiger charge is 2.60. The summed E-state index contributed by atoms with van der Waals surface area (Å²) in [6.07, 6.45) is 2.62. The number of phenolic OH excluding ortho intramolecular Hbond substituents is 1. The number of hydrogen-bond acceptors (Lipinski definition) is 8. The Hall–Kier alpha value is -3.17. The molecule has 0 heterocycles. The maximum absolute atomic E-state index is 13.5. The summed E-state index contributed by atoms with van der Waals surface area (Å²) in [4.78, 5) is 37.6. The van der Waals surface area contributed by atoms with E-state index in [2.05, 4.69) is 0 Å². The normalized spacial score (nSPS) is 26.8. The predicted molar refractivity (Wildman–Crippen MR) is 118 cm³/mol. The lowest BCUT2D eigenvalue weighted by Gasteiger charge is -2.46. The Bertz CT molecular complexity index is 1150. The average Bonchev–Trinajstić information content (AvgIpc) is 2.75. The number of unbranched alkanes of at least 4 members (excludes halogenated alkanes) is 1. The van der Waals surface area contributed by atoms with E-state index in [0.29, 0.717) is 24.0 Å². The molecule has 9 nitrogen and oxygen atoms in total. The summed E-state index contributed by atoms with van der Waals surface area (Å²) in [7, 11) is 0. The van der Waals surface area contributed by atoms with Crippen molar-refractivity contribution in [3.63, 3.8) is 0 Å². The van der Waals surface area contributed by atoms with Crippen LogP contribution in [0.4, 0.5) is 0 Å². The highest BCUT2D eigenvalue weighted by molar-refractivity contribution is 6.22. The number of nitrogens with two attached hydrogens (primary N) is 2. The van der Waals surface area contributed by atoms with Gasteiger partial charge in [-0.3, -0.25) is 14.4 Å². The number of fused-ring (bicyclic) bond motifs is 3. The summed E-state index contributed by atoms with van der Waals surface area (Å²) in [5.74, 6) is -6.25. The van der Waals surface area contributed by atoms with Crippen molar-refractivity contribution in [1.82, 2.24) is 0 Å². The van der Waals surface area contributed by atoms with E-state index < -0.39 is 52.0 Å². The van der Waals surface area contributed by atoms with Crippen LogP contribution in [0.2, 0.25) is 0 Å². The van der Waals surface area contributed by atoms with Crippen LogP contribution in [-0.4, -0.2) is 43.5 Å². The number of phenols is 1. The second kappa shape index (κ2) is 8.00. The number of aryl methyl sites for hydroxylation is 1. The number of Topliss-reactive ketones (excluding diaryl/α,β-unsaturated/α-hetero) is 2. The first-order valence-corrected chi connectivity index (χ1v) is 11.1. The minimum Gasteiger partial charge on any atom is -0.508 e. The van der Waals surface area contributed by atoms with Crippen LogP contribution < -0.4 is 11.5 Å². The molecule has 1 amide bonds. The van der Waals surface area contributed by atoms with Crippen molar-refractivity contribution in [3.8, 4) is 5.75 Å². The number of aliphatic hydroxyl groups is 3. The Morgan fingerprint density at radius 2 is 1.88 bits per heavy atom. The summed E-state index contributed by atoms with van der Waals surface area (Å²) in [6, 6.07) is 1.82. The first-order valence-electron chi connectivity index (χ1n) is 11.1. The summed E-state index contributed by atoms with van der Waals surface area (Å²) < 4.78 is 0. The highest BCUT2D eigenvalue weighted by atomic mass is 16.3. The molecular formula is C24H28N2O7. The van der Waals surface area contributed by atoms with Crippen LogP contribution in [0, 0.1) is 11.8 Å². The summed E-state index contributed by atoms with van der Waals surface area (Å²) in [5.41, 5.74) is 9.65. The molecule has 0 bridgehead atoms. The van der Waals surface area contributed by atoms with Crippen molar-refractivity contribution in [1.29, 1.82) is 0 Å². The zero-order chi connectivity index (χ0) is 24.2. The van der Waals surface area contributed by atoms with Crippen molar-refractivity contribution < 1.29 is 34.8 Å². The van der Waals surface area contributed by atoms with Crippen molar-refractivity contribution in [3.05, 3.63) is 45.2 Å². The lowest BCUT2D eigenvalue weighted by atomic mass is 9.59. The van der Waals surface area contributed by atoms with Gasteiger partial charge < -0.3 is 31.9 Å². The van der Waals surface area contributed by atoms with Crippen LogP contribution in [0.25, 0.3) is 5.76 Å². The van der Waals surface area contributed by atoms with E-state index in [-0.39, 0.29) is 36.3 Å². The average molecular weight is 456 g/mol. The quantitative estimate of drug-likeness (QED) is 0.357. The van der Waals surface area contributed by atoms with Crippen molar-refractivity contribution >= 4 is 23.2 Å². The van der Waals surface area contributed by atoms with Gasteiger partial charge in [0.25, 0.3) is 5.91 Å². The lowest BCUT2D eigenvalue weighted by molar-refractivity contribution is -0.147. The van der Waals surface area contributed by atoms with E-state index in [1.54, 1.807) is 0 Å². The number of hydrogen-bond donors (Lipinski definition) is 6. The molecule has 0 unspecified atom stereocenters. The molecule has 4 rings (SSSR count). The largest absolute Gasteiger partial charge is 0.508 e. The van der Waals surface area contributed by atoms with Gasteiger partial charge in [0.05, 0.1) is 5.56 Å². The monoisotopic (exact) mass is 456 g/mol. The van der Waals surface area contributed by atoms with Crippen LogP contribution in [0.15, 0.2) is 23.0 Å². The predicted octanol–water partition coefficient (Wildman–Crippen LogP) is 1.23. The third-order valence-corrected chi connectivity index (χ3v) is 7.25. The Labute approximate surface area is 190 Å². The third-order valence-electron chi connectivity index (χ3n) is 7.25. The molecule has 0 saturated heterocycles. The number of rotatable bonds is 5. The topological polar surface area (TPSA) is 184 Å². The summed E-state index contributed by atoms with van der Waals surface area (Å²) >= 11 is 0. The molecule has 176 valence electrons. The molecule has 1 fully saturated rings. The summed E-state index contributed by atoms with van der Waals surface area (Å²) in [5, 5.41) is 43.9. The number of primary amides is 1. The highest BCUT2D eigenvalue weighted by Crippen LogP contribution is 2.52. The molecule has 1 aromatic carbocycles. The SMILES string of the molecule is CCCCc1cc(CN)c(O)c2c1C[C@H]1C[C@H]3CC(=O)C(C(N)=O)=C(O)[C@@]3(O)C(=O)C1=C2O. The molecule has 0 spiro atoms. The number of carbonyl (C=O) groups is 3. The molecular weight excluding hydrogens is 428 g/mol. The van der Waals surface area contributed by atoms with Gasteiger partial charge in [0.15, 0.2) is 11.4 Å². The number of carbonyl (C=O) groups excluding carboxylic acids is 3. The maximum atomic E-state index is 13.5. The fourth-order valence-electron chi connectivity index (χ4n) is 5.57. The lowest BCUT2D eigenvalue weighted by Crippen LogP contribution is -2.58. The van der Waals surface area contributed by atoms with Gasteiger partial charge in [-0.15, -0.1) is 0 Å². The molecule has 0 aliphatic heterocycles. The third kappa shape index (κ3) is 3.18. The number of aliphatic hydroxyl groups excluding tert-OH is 2. The zero-order valence-corrected chi connectivity index (χ0v) is 18.4. The second-order valence-electron chi connectivity index (χ2n) is 9.11. The Morgan fingerprint density at radius 1 is 1.18 bits per heavy atom. The molecule has 8 N–H and O–H groups in total. The second-order valence-corrected chi connectivity index (χ2v) is 9.11. The first kappa shape index (κ1) is 23.0. The van der Waals surface area contributed by atoms with Gasteiger partial charge in [0.2, 0.25) is 5.78 Å². The van der Waals surface area contributed by atoms with E-state index >= 15 is 0 Å². The van der Waals surface area contributed by atoms with Gasteiger partial charge in [-0.2, -0.15) is 0 Å². The number of aromatic hydroxyl groups is 1. The van der Waals surface area contributed by atoms with Gasteiger partial charge in [-0.25, -0.2) is 0 Å². The number of ketones is 2. The van der Waals surface area contributed by atoms with Crippen molar-refractivity contribution in [2.24, 2.45) is 23.3 Å². The standard InChI is InChI=1S/C24H28N2O7/c1-2-3-4-10-5-12(9-25)19(28)17-14(10)7-11-6-13-8-15(27)18(23(26)32)22(31)24(13,33)21(30)16(11)20(17)29/h5,11,13,28-29,31,33H,2-4,6-9,25H2,1H3,(H2,26,32)/t11-,13+,24+/m1/s1. The molecule has 9 heteroatoms. The molecule has 1 saturated carbocycles. The minimum absolute atomic E-state index is 0.0256. The van der Waals surface area contributed by atoms with E-state index in [1.807, 2.05) is 13.0 Å². The Morgan fingerprint density at radius 3 is 2.48 bits per heavy atom. The molecule has 0 aromatic heterocycles. The van der Waals surface area contributed by atoms with Gasteiger partial charge in [-0.05, 0) is 42.7 Å². The fourth-order valence-corrected chi connectivity index (χ4v) is 5.57. The molecule has 33 heavy (non-hydrogen) atoms. The van der Waals surface area contributed by atoms with Crippen LogP contribution in [-0.2, 0) is 33.8 Å². The van der Waals surface area contributed by atoms with E-state index in [9.17, 15) is 34.8 Å². The van der Waals surface area contributed by atoms with Crippen molar-refractivity contribution in [2.75, 3.05) is 0 Å². The minimum atomic E-state index is -2.55. The molecule has 3 aliphatic carbocycles. The molecule has 1 aromatic rings.